The molecule has 0 spiro atoms. The normalized spacial score (nSPS) is 26.7. The Hall–Kier alpha value is -2.34. The van der Waals surface area contributed by atoms with Crippen molar-refractivity contribution < 1.29 is 20.1 Å². The predicted octanol–water partition coefficient (Wildman–Crippen LogP) is -1.17. The molecule has 1 saturated heterocycles. The molecule has 2 aromatic rings. The van der Waals surface area contributed by atoms with E-state index in [1.54, 1.807) is 13.8 Å². The monoisotopic (exact) mass is 337 g/mol. The third kappa shape index (κ3) is 2.78. The smallest absolute Gasteiger partial charge is 0.247 e. The van der Waals surface area contributed by atoms with Gasteiger partial charge in [-0.15, -0.1) is 0 Å². The standard InChI is InChI=1S/C13H19N7O4/c1-5(2)18-19-13-16-10(14)7-11(17-13)20(4-15-7)12-9(23)8(22)6(3-21)24-12/h4,6,8-9,12,21-23H,3H2,1-2H3,(H3,14,16,17,19). The van der Waals surface area contributed by atoms with E-state index in [0.717, 1.165) is 5.71 Å². The molecule has 6 N–H and O–H groups in total. The molecule has 1 aliphatic heterocycles. The number of nitrogen functional groups attached to an aromatic ring is 1. The second-order valence-corrected chi connectivity index (χ2v) is 5.66. The lowest BCUT2D eigenvalue weighted by atomic mass is 10.1. The summed E-state index contributed by atoms with van der Waals surface area (Å²) < 4.78 is 6.92. The quantitative estimate of drug-likeness (QED) is 0.341. The van der Waals surface area contributed by atoms with E-state index in [4.69, 9.17) is 10.5 Å². The number of aliphatic hydroxyl groups is 3. The summed E-state index contributed by atoms with van der Waals surface area (Å²) in [4.78, 5) is 12.5. The maximum Gasteiger partial charge on any atom is 0.247 e. The molecular weight excluding hydrogens is 318 g/mol. The van der Waals surface area contributed by atoms with E-state index in [9.17, 15) is 15.3 Å². The van der Waals surface area contributed by atoms with Crippen molar-refractivity contribution >= 4 is 28.6 Å². The maximum atomic E-state index is 10.2. The first-order valence-corrected chi connectivity index (χ1v) is 7.31. The van der Waals surface area contributed by atoms with Crippen molar-refractivity contribution in [3.8, 4) is 0 Å². The first-order chi connectivity index (χ1) is 11.4. The van der Waals surface area contributed by atoms with Gasteiger partial charge in [0.25, 0.3) is 0 Å². The number of nitrogens with one attached hydrogen (secondary N) is 1. The molecule has 4 unspecified atom stereocenters. The van der Waals surface area contributed by atoms with E-state index in [1.165, 1.54) is 10.9 Å². The van der Waals surface area contributed by atoms with Crippen LogP contribution in [0.5, 0.6) is 0 Å². The number of nitrogens with zero attached hydrogens (tertiary/aromatic N) is 5. The van der Waals surface area contributed by atoms with Gasteiger partial charge in [0, 0.05) is 5.71 Å². The van der Waals surface area contributed by atoms with Gasteiger partial charge >= 0.3 is 0 Å². The summed E-state index contributed by atoms with van der Waals surface area (Å²) in [6.45, 7) is 3.19. The number of rotatable bonds is 4. The van der Waals surface area contributed by atoms with Gasteiger partial charge in [0.05, 0.1) is 12.9 Å². The van der Waals surface area contributed by atoms with E-state index >= 15 is 0 Å². The van der Waals surface area contributed by atoms with Crippen molar-refractivity contribution in [1.29, 1.82) is 0 Å². The minimum absolute atomic E-state index is 0.136. The molecule has 3 heterocycles. The third-order valence-corrected chi connectivity index (χ3v) is 3.62. The number of hydrazone groups is 1. The Labute approximate surface area is 136 Å². The number of aromatic nitrogens is 4. The topological polar surface area (TPSA) is 164 Å². The van der Waals surface area contributed by atoms with E-state index in [0.29, 0.717) is 11.2 Å². The average Bonchev–Trinajstić information content (AvgIpc) is 3.08. The zero-order valence-electron chi connectivity index (χ0n) is 13.2. The Bertz CT molecular complexity index is 773. The third-order valence-electron chi connectivity index (χ3n) is 3.62. The minimum Gasteiger partial charge on any atom is -0.394 e. The molecule has 0 aliphatic carbocycles. The van der Waals surface area contributed by atoms with Crippen molar-refractivity contribution in [3.63, 3.8) is 0 Å². The zero-order valence-corrected chi connectivity index (χ0v) is 13.2. The largest absolute Gasteiger partial charge is 0.394 e. The molecule has 11 nitrogen and oxygen atoms in total. The number of nitrogens with two attached hydrogens (primary N) is 1. The number of ether oxygens (including phenoxy) is 1. The van der Waals surface area contributed by atoms with Gasteiger partial charge in [0.15, 0.2) is 17.7 Å². The number of hydrogen-bond acceptors (Lipinski definition) is 10. The van der Waals surface area contributed by atoms with Crippen LogP contribution in [0.2, 0.25) is 0 Å². The maximum absolute atomic E-state index is 10.2. The molecule has 11 heteroatoms. The Morgan fingerprint density at radius 1 is 1.38 bits per heavy atom. The van der Waals surface area contributed by atoms with Crippen LogP contribution < -0.4 is 11.2 Å². The second-order valence-electron chi connectivity index (χ2n) is 5.66. The van der Waals surface area contributed by atoms with Crippen molar-refractivity contribution in [2.45, 2.75) is 38.4 Å². The molecule has 4 atom stereocenters. The Morgan fingerprint density at radius 3 is 2.75 bits per heavy atom. The molecule has 0 amide bonds. The second kappa shape index (κ2) is 6.28. The molecule has 24 heavy (non-hydrogen) atoms. The minimum atomic E-state index is -1.25. The Kier molecular flexibility index (Phi) is 4.32. The van der Waals surface area contributed by atoms with E-state index in [2.05, 4.69) is 25.5 Å². The summed E-state index contributed by atoms with van der Waals surface area (Å²) in [5, 5.41) is 33.3. The highest BCUT2D eigenvalue weighted by molar-refractivity contribution is 5.83. The van der Waals surface area contributed by atoms with Gasteiger partial charge in [0.1, 0.15) is 23.8 Å². The molecular formula is C13H19N7O4. The SMILES string of the molecule is CC(C)=NNc1nc(N)c2ncn(C3OC(CO)C(O)C3O)c2n1. The number of aliphatic hydroxyl groups excluding tert-OH is 3. The van der Waals surface area contributed by atoms with Crippen LogP contribution in [-0.2, 0) is 4.74 Å². The Balaban J connectivity index is 2.01. The summed E-state index contributed by atoms with van der Waals surface area (Å²) in [6, 6.07) is 0. The number of anilines is 2. The van der Waals surface area contributed by atoms with Crippen LogP contribution in [0.4, 0.5) is 11.8 Å². The number of fused-ring (bicyclic) bond motifs is 1. The molecule has 2 aromatic heterocycles. The fourth-order valence-corrected chi connectivity index (χ4v) is 2.45. The summed E-state index contributed by atoms with van der Waals surface area (Å²) in [6.07, 6.45) is -2.94. The fraction of sp³-hybridized carbons (Fsp3) is 0.538. The number of imidazole rings is 1. The lowest BCUT2D eigenvalue weighted by Gasteiger charge is -2.16. The van der Waals surface area contributed by atoms with Gasteiger partial charge in [-0.05, 0) is 13.8 Å². The summed E-state index contributed by atoms with van der Waals surface area (Å²) >= 11 is 0. The van der Waals surface area contributed by atoms with Gasteiger partial charge in [-0.3, -0.25) is 4.57 Å². The van der Waals surface area contributed by atoms with Crippen LogP contribution in [0.15, 0.2) is 11.4 Å². The highest BCUT2D eigenvalue weighted by Crippen LogP contribution is 2.32. The predicted molar refractivity (Wildman–Crippen MR) is 85.2 cm³/mol. The molecule has 1 fully saturated rings. The van der Waals surface area contributed by atoms with Gasteiger partial charge in [-0.2, -0.15) is 15.1 Å². The van der Waals surface area contributed by atoms with Crippen LogP contribution in [0, 0.1) is 0 Å². The summed E-state index contributed by atoms with van der Waals surface area (Å²) in [5.41, 5.74) is 9.97. The van der Waals surface area contributed by atoms with Crippen molar-refractivity contribution in [2.24, 2.45) is 5.10 Å². The first kappa shape index (κ1) is 16.5. The molecule has 0 saturated carbocycles. The molecule has 3 rings (SSSR count). The average molecular weight is 337 g/mol. The van der Waals surface area contributed by atoms with Gasteiger partial charge in [-0.1, -0.05) is 0 Å². The van der Waals surface area contributed by atoms with Crippen LogP contribution in [0.25, 0.3) is 11.2 Å². The molecule has 130 valence electrons. The fourth-order valence-electron chi connectivity index (χ4n) is 2.45. The Morgan fingerprint density at radius 2 is 2.12 bits per heavy atom. The van der Waals surface area contributed by atoms with Gasteiger partial charge in [0.2, 0.25) is 5.95 Å². The summed E-state index contributed by atoms with van der Waals surface area (Å²) in [7, 11) is 0. The van der Waals surface area contributed by atoms with Crippen LogP contribution in [0.1, 0.15) is 20.1 Å². The van der Waals surface area contributed by atoms with Crippen LogP contribution in [0.3, 0.4) is 0 Å². The van der Waals surface area contributed by atoms with E-state index < -0.39 is 31.1 Å². The van der Waals surface area contributed by atoms with E-state index in [-0.39, 0.29) is 11.8 Å². The van der Waals surface area contributed by atoms with Crippen molar-refractivity contribution in [2.75, 3.05) is 17.8 Å². The highest BCUT2D eigenvalue weighted by Gasteiger charge is 2.44. The summed E-state index contributed by atoms with van der Waals surface area (Å²) in [5.74, 6) is 0.298. The molecule has 0 bridgehead atoms. The molecule has 1 aliphatic rings. The highest BCUT2D eigenvalue weighted by atomic mass is 16.6. The van der Waals surface area contributed by atoms with Crippen molar-refractivity contribution in [3.05, 3.63) is 6.33 Å². The van der Waals surface area contributed by atoms with E-state index in [1.807, 2.05) is 0 Å². The van der Waals surface area contributed by atoms with Gasteiger partial charge < -0.3 is 25.8 Å². The van der Waals surface area contributed by atoms with Gasteiger partial charge in [-0.25, -0.2) is 10.4 Å². The van der Waals surface area contributed by atoms with Crippen LogP contribution >= 0.6 is 0 Å². The molecule has 0 aromatic carbocycles. The van der Waals surface area contributed by atoms with Crippen LogP contribution in [-0.4, -0.2) is 65.5 Å². The molecule has 0 radical (unpaired) electrons. The first-order valence-electron chi connectivity index (χ1n) is 7.31. The lowest BCUT2D eigenvalue weighted by Crippen LogP contribution is -2.33. The number of hydrogen-bond donors (Lipinski definition) is 5. The van der Waals surface area contributed by atoms with Crippen molar-refractivity contribution in [1.82, 2.24) is 19.5 Å². The zero-order chi connectivity index (χ0) is 17.4. The lowest BCUT2D eigenvalue weighted by molar-refractivity contribution is -0.0511.